The highest BCUT2D eigenvalue weighted by molar-refractivity contribution is 9.10. The third-order valence-electron chi connectivity index (χ3n) is 5.87. The fourth-order valence-corrected chi connectivity index (χ4v) is 6.01. The molecule has 0 atom stereocenters. The van der Waals surface area contributed by atoms with Crippen molar-refractivity contribution in [3.8, 4) is 11.5 Å². The lowest BCUT2D eigenvalue weighted by Gasteiger charge is -2.57. The molecule has 0 spiro atoms. The lowest BCUT2D eigenvalue weighted by Crippen LogP contribution is -2.48. The Labute approximate surface area is 128 Å². The minimum Gasteiger partial charge on any atom is -0.504 e. The van der Waals surface area contributed by atoms with Crippen LogP contribution in [0.15, 0.2) is 16.6 Å². The van der Waals surface area contributed by atoms with Crippen LogP contribution in [0.4, 0.5) is 0 Å². The molecule has 0 unspecified atom stereocenters. The number of methoxy groups -OCH3 is 1. The van der Waals surface area contributed by atoms with Gasteiger partial charge in [0.05, 0.1) is 7.11 Å². The topological polar surface area (TPSA) is 29.5 Å². The second-order valence-electron chi connectivity index (χ2n) is 7.20. The number of phenols is 1. The number of halogens is 1. The molecular weight excluding hydrogens is 316 g/mol. The van der Waals surface area contributed by atoms with Gasteiger partial charge >= 0.3 is 0 Å². The molecule has 3 heteroatoms. The first-order valence-electron chi connectivity index (χ1n) is 7.66. The summed E-state index contributed by atoms with van der Waals surface area (Å²) in [6.45, 7) is 0. The van der Waals surface area contributed by atoms with Crippen molar-refractivity contribution < 1.29 is 9.84 Å². The predicted molar refractivity (Wildman–Crippen MR) is 82.2 cm³/mol. The van der Waals surface area contributed by atoms with Crippen LogP contribution >= 0.6 is 15.9 Å². The Hall–Kier alpha value is -0.700. The van der Waals surface area contributed by atoms with E-state index in [1.54, 1.807) is 7.11 Å². The van der Waals surface area contributed by atoms with Crippen molar-refractivity contribution in [2.75, 3.05) is 7.11 Å². The number of rotatable bonds is 2. The highest BCUT2D eigenvalue weighted by Gasteiger charge is 2.52. The number of aromatic hydroxyl groups is 1. The normalized spacial score (nSPS) is 38.2. The van der Waals surface area contributed by atoms with E-state index in [4.69, 9.17) is 4.74 Å². The fourth-order valence-electron chi connectivity index (χ4n) is 5.57. The van der Waals surface area contributed by atoms with Gasteiger partial charge in [-0.25, -0.2) is 0 Å². The zero-order chi connectivity index (χ0) is 13.9. The predicted octanol–water partition coefficient (Wildman–Crippen LogP) is 4.63. The van der Waals surface area contributed by atoms with E-state index in [1.807, 2.05) is 6.07 Å². The quantitative estimate of drug-likeness (QED) is 0.852. The van der Waals surface area contributed by atoms with Crippen LogP contribution in [0.1, 0.15) is 44.1 Å². The molecule has 1 aromatic carbocycles. The summed E-state index contributed by atoms with van der Waals surface area (Å²) in [7, 11) is 1.63. The number of phenolic OH excluding ortho intramolecular Hbond substituents is 1. The molecule has 4 fully saturated rings. The third kappa shape index (κ3) is 1.82. The van der Waals surface area contributed by atoms with Crippen molar-refractivity contribution in [2.24, 2.45) is 17.8 Å². The highest BCUT2D eigenvalue weighted by atomic mass is 79.9. The van der Waals surface area contributed by atoms with Crippen LogP contribution in [0.5, 0.6) is 11.5 Å². The number of benzene rings is 1. The first-order valence-corrected chi connectivity index (χ1v) is 8.46. The van der Waals surface area contributed by atoms with Gasteiger partial charge in [-0.05, 0) is 73.8 Å². The van der Waals surface area contributed by atoms with E-state index in [1.165, 1.54) is 38.5 Å². The molecule has 108 valence electrons. The minimum atomic E-state index is 0.204. The molecule has 0 aliphatic heterocycles. The second kappa shape index (κ2) is 4.40. The van der Waals surface area contributed by atoms with Crippen LogP contribution in [-0.4, -0.2) is 12.2 Å². The molecule has 4 aliphatic rings. The number of hydrogen-bond acceptors (Lipinski definition) is 2. The molecule has 0 radical (unpaired) electrons. The number of ether oxygens (including phenoxy) is 1. The van der Waals surface area contributed by atoms with Gasteiger partial charge in [0.1, 0.15) is 0 Å². The van der Waals surface area contributed by atoms with Gasteiger partial charge in [-0.2, -0.15) is 0 Å². The summed E-state index contributed by atoms with van der Waals surface area (Å²) in [5.74, 6) is 3.62. The maximum Gasteiger partial charge on any atom is 0.161 e. The average molecular weight is 337 g/mol. The fraction of sp³-hybridized carbons (Fsp3) is 0.647. The van der Waals surface area contributed by atoms with Gasteiger partial charge in [-0.15, -0.1) is 0 Å². The zero-order valence-corrected chi connectivity index (χ0v) is 13.4. The van der Waals surface area contributed by atoms with Crippen LogP contribution < -0.4 is 4.74 Å². The summed E-state index contributed by atoms with van der Waals surface area (Å²) < 4.78 is 6.36. The van der Waals surface area contributed by atoms with Crippen molar-refractivity contribution in [3.05, 3.63) is 22.2 Å². The monoisotopic (exact) mass is 336 g/mol. The molecule has 2 nitrogen and oxygen atoms in total. The Bertz CT molecular complexity index is 517. The Morgan fingerprint density at radius 1 is 1.10 bits per heavy atom. The van der Waals surface area contributed by atoms with Crippen molar-refractivity contribution in [3.63, 3.8) is 0 Å². The lowest BCUT2D eigenvalue weighted by molar-refractivity contribution is -0.00629. The van der Waals surface area contributed by atoms with E-state index in [0.29, 0.717) is 11.5 Å². The summed E-state index contributed by atoms with van der Waals surface area (Å²) in [4.78, 5) is 0. The smallest absolute Gasteiger partial charge is 0.161 e. The van der Waals surface area contributed by atoms with E-state index in [-0.39, 0.29) is 5.41 Å². The zero-order valence-electron chi connectivity index (χ0n) is 11.9. The molecule has 4 bridgehead atoms. The first kappa shape index (κ1) is 13.0. The molecule has 5 rings (SSSR count). The van der Waals surface area contributed by atoms with Gasteiger partial charge in [0.2, 0.25) is 0 Å². The average Bonchev–Trinajstić information content (AvgIpc) is 2.39. The van der Waals surface area contributed by atoms with E-state index in [0.717, 1.165) is 27.8 Å². The molecule has 0 aromatic heterocycles. The molecule has 0 saturated heterocycles. The molecular formula is C17H21BrO2. The summed E-state index contributed by atoms with van der Waals surface area (Å²) in [5.41, 5.74) is 1.33. The third-order valence-corrected chi connectivity index (χ3v) is 6.33. The number of hydrogen-bond donors (Lipinski definition) is 1. The molecule has 4 aliphatic carbocycles. The first-order chi connectivity index (χ1) is 9.59. The Morgan fingerprint density at radius 3 is 2.15 bits per heavy atom. The summed E-state index contributed by atoms with van der Waals surface area (Å²) in [5, 5.41) is 10.6. The standard InChI is InChI=1S/C17H21BrO2/c1-20-15-6-13(18)5-14(16(15)19)17-7-10-2-11(8-17)4-12(3-10)9-17/h5-6,10-12,19H,2-4,7-9H2,1H3. The molecule has 0 amide bonds. The Kier molecular flexibility index (Phi) is 2.86. The van der Waals surface area contributed by atoms with Gasteiger partial charge in [0.15, 0.2) is 11.5 Å². The summed E-state index contributed by atoms with van der Waals surface area (Å²) in [6, 6.07) is 3.99. The minimum absolute atomic E-state index is 0.204. The van der Waals surface area contributed by atoms with Crippen molar-refractivity contribution >= 4 is 15.9 Å². The van der Waals surface area contributed by atoms with Crippen LogP contribution in [0.3, 0.4) is 0 Å². The Balaban J connectivity index is 1.82. The van der Waals surface area contributed by atoms with Gasteiger partial charge in [-0.3, -0.25) is 0 Å². The van der Waals surface area contributed by atoms with E-state index in [9.17, 15) is 5.11 Å². The van der Waals surface area contributed by atoms with Crippen molar-refractivity contribution in [1.82, 2.24) is 0 Å². The molecule has 20 heavy (non-hydrogen) atoms. The van der Waals surface area contributed by atoms with Crippen LogP contribution in [0.2, 0.25) is 0 Å². The molecule has 1 N–H and O–H groups in total. The van der Waals surface area contributed by atoms with E-state index >= 15 is 0 Å². The van der Waals surface area contributed by atoms with Gasteiger partial charge in [0.25, 0.3) is 0 Å². The van der Waals surface area contributed by atoms with E-state index in [2.05, 4.69) is 22.0 Å². The van der Waals surface area contributed by atoms with E-state index < -0.39 is 0 Å². The van der Waals surface area contributed by atoms with Crippen LogP contribution in [0, 0.1) is 17.8 Å². The maximum absolute atomic E-state index is 10.6. The van der Waals surface area contributed by atoms with Crippen LogP contribution in [0.25, 0.3) is 0 Å². The highest BCUT2D eigenvalue weighted by Crippen LogP contribution is 2.62. The lowest BCUT2D eigenvalue weighted by atomic mass is 9.48. The molecule has 4 saturated carbocycles. The van der Waals surface area contributed by atoms with Gasteiger partial charge in [0, 0.05) is 10.0 Å². The van der Waals surface area contributed by atoms with Crippen molar-refractivity contribution in [2.45, 2.75) is 43.9 Å². The SMILES string of the molecule is COc1cc(Br)cc(C23CC4CC(CC(C4)C2)C3)c1O. The summed E-state index contributed by atoms with van der Waals surface area (Å²) in [6.07, 6.45) is 8.03. The summed E-state index contributed by atoms with van der Waals surface area (Å²) >= 11 is 3.58. The maximum atomic E-state index is 10.6. The molecule has 0 heterocycles. The Morgan fingerprint density at radius 2 is 1.65 bits per heavy atom. The van der Waals surface area contributed by atoms with Gasteiger partial charge < -0.3 is 9.84 Å². The molecule has 1 aromatic rings. The van der Waals surface area contributed by atoms with Gasteiger partial charge in [-0.1, -0.05) is 15.9 Å². The van der Waals surface area contributed by atoms with Crippen LogP contribution in [-0.2, 0) is 5.41 Å². The second-order valence-corrected chi connectivity index (χ2v) is 8.12. The largest absolute Gasteiger partial charge is 0.504 e. The van der Waals surface area contributed by atoms with Crippen molar-refractivity contribution in [1.29, 1.82) is 0 Å².